The van der Waals surface area contributed by atoms with E-state index in [1.807, 2.05) is 30.4 Å². The summed E-state index contributed by atoms with van der Waals surface area (Å²) in [6.07, 6.45) is 10.3. The molecular weight excluding hydrogens is 772 g/mol. The Hall–Kier alpha value is -4.18. The van der Waals surface area contributed by atoms with Crippen LogP contribution in [-0.2, 0) is 26.7 Å². The molecule has 5 atom stereocenters. The van der Waals surface area contributed by atoms with Gasteiger partial charge in [0.15, 0.2) is 5.60 Å². The number of unbranched alkanes of at least 4 members (excludes halogenated alkanes) is 1. The largest absolute Gasteiger partial charge is 0.490 e. The highest BCUT2D eigenvalue weighted by Crippen LogP contribution is 2.48. The number of aliphatic hydroxyl groups is 1. The molecule has 1 spiro atoms. The summed E-state index contributed by atoms with van der Waals surface area (Å²) < 4.78 is 14.5. The van der Waals surface area contributed by atoms with Crippen LogP contribution in [0.15, 0.2) is 122 Å². The number of benzene rings is 4. The van der Waals surface area contributed by atoms with Gasteiger partial charge < -0.3 is 29.6 Å². The third-order valence-corrected chi connectivity index (χ3v) is 18.6. The van der Waals surface area contributed by atoms with E-state index in [0.29, 0.717) is 31.0 Å². The van der Waals surface area contributed by atoms with Gasteiger partial charge in [-0.05, 0) is 120 Å². The normalized spacial score (nSPS) is 21.8. The molecule has 9 heteroatoms. The first-order chi connectivity index (χ1) is 28.3. The molecule has 0 amide bonds. The molecule has 3 N–H and O–H groups in total. The first-order valence-electron chi connectivity index (χ1n) is 21.4. The first-order valence-corrected chi connectivity index (χ1v) is 23.6. The zero-order chi connectivity index (χ0) is 41.8. The van der Waals surface area contributed by atoms with Gasteiger partial charge >= 0.3 is 5.97 Å². The molecule has 1 aliphatic heterocycles. The summed E-state index contributed by atoms with van der Waals surface area (Å²) in [5, 5.41) is 28.6. The minimum atomic E-state index is -2.87. The van der Waals surface area contributed by atoms with Crippen molar-refractivity contribution < 1.29 is 24.2 Å². The van der Waals surface area contributed by atoms with E-state index in [2.05, 4.69) is 117 Å². The number of carboxylic acid groups (broad SMARTS) is 1. The lowest BCUT2D eigenvalue weighted by Crippen LogP contribution is -2.68. The van der Waals surface area contributed by atoms with Gasteiger partial charge in [0.05, 0.1) is 18.4 Å². The summed E-state index contributed by atoms with van der Waals surface area (Å²) in [4.78, 5) is 15.3. The molecule has 4 aromatic rings. The van der Waals surface area contributed by atoms with Crippen LogP contribution in [-0.4, -0.2) is 63.4 Å². The zero-order valence-corrected chi connectivity index (χ0v) is 36.7. The summed E-state index contributed by atoms with van der Waals surface area (Å²) in [6, 6.07) is 33.2. The second-order valence-electron chi connectivity index (χ2n) is 18.0. The van der Waals surface area contributed by atoms with Gasteiger partial charge in [0.25, 0.3) is 8.32 Å². The lowest BCUT2D eigenvalue weighted by atomic mass is 9.68. The van der Waals surface area contributed by atoms with E-state index < -0.39 is 19.9 Å². The number of nitrogens with zero attached hydrogens (tertiary/aromatic N) is 1. The Balaban J connectivity index is 1.26. The van der Waals surface area contributed by atoms with Crippen molar-refractivity contribution in [2.45, 2.75) is 87.9 Å². The number of carbonyl (C=O) groups is 1. The predicted octanol–water partition coefficient (Wildman–Crippen LogP) is 8.80. The second-order valence-corrected chi connectivity index (χ2v) is 22.7. The number of carboxylic acids is 1. The maximum atomic E-state index is 12.9. The Bertz CT molecular complexity index is 2070. The number of halogens is 1. The molecule has 312 valence electrons. The number of ether oxygens (including phenoxy) is 1. The van der Waals surface area contributed by atoms with Crippen LogP contribution in [0.1, 0.15) is 76.0 Å². The van der Waals surface area contributed by atoms with E-state index in [9.17, 15) is 15.0 Å². The van der Waals surface area contributed by atoms with Crippen LogP contribution >= 0.6 is 11.6 Å². The van der Waals surface area contributed by atoms with E-state index in [1.165, 1.54) is 21.5 Å². The monoisotopic (exact) mass is 832 g/mol. The molecule has 1 heterocycles. The van der Waals surface area contributed by atoms with Gasteiger partial charge in [-0.1, -0.05) is 117 Å². The minimum Gasteiger partial charge on any atom is -0.490 e. The highest BCUT2D eigenvalue weighted by molar-refractivity contribution is 6.99. The van der Waals surface area contributed by atoms with Crippen LogP contribution in [0, 0.1) is 11.8 Å². The van der Waals surface area contributed by atoms with Gasteiger partial charge in [-0.25, -0.2) is 4.79 Å². The van der Waals surface area contributed by atoms with Crippen molar-refractivity contribution in [2.75, 3.05) is 37.7 Å². The molecular formula is C50H61ClN2O5Si. The van der Waals surface area contributed by atoms with Gasteiger partial charge in [-0.15, -0.1) is 13.2 Å². The number of fused-ring (bicyclic) bond motifs is 3. The smallest absolute Gasteiger partial charge is 0.341 e. The zero-order valence-electron chi connectivity index (χ0n) is 35.0. The van der Waals surface area contributed by atoms with Crippen LogP contribution in [0.4, 0.5) is 5.69 Å². The molecule has 4 aromatic carbocycles. The van der Waals surface area contributed by atoms with Gasteiger partial charge in [0, 0.05) is 30.1 Å². The number of hydrogen-bond donors (Lipinski definition) is 3. The first kappa shape index (κ1) is 42.9. The van der Waals surface area contributed by atoms with Crippen molar-refractivity contribution in [3.63, 3.8) is 0 Å². The molecule has 7 nitrogen and oxygen atoms in total. The second kappa shape index (κ2) is 17.8. The van der Waals surface area contributed by atoms with Crippen LogP contribution in [0.25, 0.3) is 0 Å². The Morgan fingerprint density at radius 3 is 2.36 bits per heavy atom. The van der Waals surface area contributed by atoms with E-state index in [4.69, 9.17) is 20.8 Å². The lowest BCUT2D eigenvalue weighted by molar-refractivity contribution is -0.159. The topological polar surface area (TPSA) is 91.3 Å². The number of nitrogens with one attached hydrogen (secondary N) is 1. The number of allylic oxidation sites excluding steroid dienone is 1. The van der Waals surface area contributed by atoms with E-state index >= 15 is 0 Å². The summed E-state index contributed by atoms with van der Waals surface area (Å²) in [5.74, 6) is -0.120. The van der Waals surface area contributed by atoms with Crippen LogP contribution < -0.4 is 25.3 Å². The Labute approximate surface area is 357 Å². The number of hydrogen-bond acceptors (Lipinski definition) is 6. The highest BCUT2D eigenvalue weighted by atomic mass is 35.5. The van der Waals surface area contributed by atoms with Crippen molar-refractivity contribution in [1.82, 2.24) is 5.32 Å². The third-order valence-electron chi connectivity index (χ3n) is 13.3. The van der Waals surface area contributed by atoms with Crippen LogP contribution in [0.2, 0.25) is 10.1 Å². The fourth-order valence-corrected chi connectivity index (χ4v) is 14.9. The van der Waals surface area contributed by atoms with E-state index in [-0.39, 0.29) is 34.9 Å². The van der Waals surface area contributed by atoms with Crippen LogP contribution in [0.3, 0.4) is 0 Å². The average Bonchev–Trinajstić information content (AvgIpc) is 3.37. The van der Waals surface area contributed by atoms with Gasteiger partial charge in [-0.3, -0.25) is 0 Å². The quantitative estimate of drug-likeness (QED) is 0.0591. The summed E-state index contributed by atoms with van der Waals surface area (Å²) in [7, 11) is -2.87. The molecule has 2 aliphatic carbocycles. The molecule has 0 bridgehead atoms. The number of aliphatic carboxylic acids is 1. The standard InChI is InChI=1S/C50H61ClN2O5Si/c1-6-8-15-29-52-33-50(56,47(54)55)38-23-27-46-44(31-38)53(34-49(35-57-46)28-16-17-36-30-39(51)24-26-43(36)49)32-37-22-25-42(37)45(7-2)58-59(48(3,4)5,40-18-11-9-12-19-40)41-20-13-10-14-21-41/h6-7,9-14,18-21,23-24,26-27,30-31,37,42,45,52,56H,1-2,8,15-17,22,25,28-29,32-35H2,3-5H3,(H,54,55)/t37-,42+,45?,49-,50?/m0/s1. The van der Waals surface area contributed by atoms with Crippen molar-refractivity contribution in [2.24, 2.45) is 11.8 Å². The van der Waals surface area contributed by atoms with Crippen molar-refractivity contribution >= 4 is 41.9 Å². The number of rotatable bonds is 16. The van der Waals surface area contributed by atoms with Crippen molar-refractivity contribution in [3.05, 3.63) is 144 Å². The van der Waals surface area contributed by atoms with E-state index in [0.717, 1.165) is 62.2 Å². The maximum Gasteiger partial charge on any atom is 0.341 e. The molecule has 1 fully saturated rings. The average molecular weight is 834 g/mol. The van der Waals surface area contributed by atoms with E-state index in [1.54, 1.807) is 6.07 Å². The van der Waals surface area contributed by atoms with Gasteiger partial charge in [0.1, 0.15) is 5.75 Å². The highest BCUT2D eigenvalue weighted by Gasteiger charge is 2.53. The molecule has 2 unspecified atom stereocenters. The lowest BCUT2D eigenvalue weighted by Gasteiger charge is -2.50. The number of aryl methyl sites for hydroxylation is 1. The van der Waals surface area contributed by atoms with Gasteiger partial charge in [0.2, 0.25) is 0 Å². The molecule has 1 saturated carbocycles. The van der Waals surface area contributed by atoms with Crippen molar-refractivity contribution in [1.29, 1.82) is 0 Å². The SMILES string of the molecule is C=CCCCNCC(O)(C(=O)O)c1ccc2c(c1)N(C[C@@H]1CC[C@H]1C(C=C)O[Si](c1ccccc1)(c1ccccc1)C(C)(C)C)C[C@@]1(CCCc3cc(Cl)ccc31)CO2. The fourth-order valence-electron chi connectivity index (χ4n) is 10.1. The predicted molar refractivity (Wildman–Crippen MR) is 243 cm³/mol. The molecule has 0 radical (unpaired) electrons. The Morgan fingerprint density at radius 1 is 1.03 bits per heavy atom. The Kier molecular flexibility index (Phi) is 13.0. The maximum absolute atomic E-state index is 12.9. The minimum absolute atomic E-state index is 0.123. The van der Waals surface area contributed by atoms with Crippen molar-refractivity contribution in [3.8, 4) is 5.75 Å². The molecule has 0 saturated heterocycles. The van der Waals surface area contributed by atoms with Crippen LogP contribution in [0.5, 0.6) is 5.75 Å². The molecule has 59 heavy (non-hydrogen) atoms. The molecule has 7 rings (SSSR count). The molecule has 3 aliphatic rings. The third kappa shape index (κ3) is 8.44. The summed E-state index contributed by atoms with van der Waals surface area (Å²) in [5.41, 5.74) is 1.21. The fraction of sp³-hybridized carbons (Fsp3) is 0.420. The summed E-state index contributed by atoms with van der Waals surface area (Å²) >= 11 is 6.55. The summed E-state index contributed by atoms with van der Waals surface area (Å²) in [6.45, 7) is 17.5. The Morgan fingerprint density at radius 2 is 1.75 bits per heavy atom. The van der Waals surface area contributed by atoms with Gasteiger partial charge in [-0.2, -0.15) is 0 Å². The molecule has 0 aromatic heterocycles. The number of anilines is 1.